The Balaban J connectivity index is 3.12. The first-order valence-electron chi connectivity index (χ1n) is 3.40. The minimum atomic E-state index is -0.614. The Morgan fingerprint density at radius 2 is 2.08 bits per heavy atom. The molecule has 0 radical (unpaired) electrons. The summed E-state index contributed by atoms with van der Waals surface area (Å²) < 4.78 is 1.83. The molecule has 1 aromatic rings. The summed E-state index contributed by atoms with van der Waals surface area (Å²) in [5.41, 5.74) is 0.819. The second-order valence-corrected chi connectivity index (χ2v) is 4.12. The summed E-state index contributed by atoms with van der Waals surface area (Å²) in [6.07, 6.45) is 0.879. The van der Waals surface area contributed by atoms with Gasteiger partial charge in [0.05, 0.1) is 6.10 Å². The van der Waals surface area contributed by atoms with E-state index in [-0.39, 0.29) is 0 Å². The Bertz CT molecular complexity index is 297. The molecule has 3 heteroatoms. The highest BCUT2D eigenvalue weighted by Crippen LogP contribution is 2.27. The van der Waals surface area contributed by atoms with Crippen LogP contribution in [0.5, 0.6) is 0 Å². The fraction of sp³-hybridized carbons (Fsp3) is 0.111. The fourth-order valence-corrected chi connectivity index (χ4v) is 1.73. The molecule has 0 aliphatic rings. The van der Waals surface area contributed by atoms with E-state index >= 15 is 0 Å². The number of hydrogen-bond acceptors (Lipinski definition) is 1. The van der Waals surface area contributed by atoms with Gasteiger partial charge in [-0.2, -0.15) is 0 Å². The smallest absolute Gasteiger partial charge is 0.0980 e. The first-order chi connectivity index (χ1) is 5.65. The highest BCUT2D eigenvalue weighted by molar-refractivity contribution is 9.11. The molecule has 0 bridgehead atoms. The maximum absolute atomic E-state index is 9.47. The number of halogens is 2. The van der Waals surface area contributed by atoms with Crippen LogP contribution in [-0.2, 0) is 0 Å². The van der Waals surface area contributed by atoms with Crippen LogP contribution in [0, 0.1) is 0 Å². The Labute approximate surface area is 88.4 Å². The van der Waals surface area contributed by atoms with Crippen molar-refractivity contribution in [2.75, 3.05) is 0 Å². The van der Waals surface area contributed by atoms with Gasteiger partial charge in [0.15, 0.2) is 0 Å². The average molecular weight is 292 g/mol. The van der Waals surface area contributed by atoms with Crippen molar-refractivity contribution in [2.24, 2.45) is 0 Å². The molecule has 0 saturated heterocycles. The molecule has 0 aliphatic heterocycles. The second kappa shape index (κ2) is 4.21. The van der Waals surface area contributed by atoms with Crippen LogP contribution in [0.3, 0.4) is 0 Å². The minimum Gasteiger partial charge on any atom is -0.384 e. The molecule has 1 atom stereocenters. The number of rotatable bonds is 2. The molecule has 64 valence electrons. The monoisotopic (exact) mass is 290 g/mol. The molecule has 0 amide bonds. The Morgan fingerprint density at radius 3 is 2.67 bits per heavy atom. The predicted molar refractivity (Wildman–Crippen MR) is 57.0 cm³/mol. The van der Waals surface area contributed by atoms with Crippen LogP contribution in [0.1, 0.15) is 11.7 Å². The molecule has 1 rings (SSSR count). The van der Waals surface area contributed by atoms with E-state index in [0.29, 0.717) is 0 Å². The van der Waals surface area contributed by atoms with Crippen molar-refractivity contribution in [3.05, 3.63) is 45.4 Å². The van der Waals surface area contributed by atoms with E-state index in [4.69, 9.17) is 0 Å². The summed E-state index contributed by atoms with van der Waals surface area (Å²) >= 11 is 6.67. The number of benzene rings is 1. The third kappa shape index (κ3) is 2.19. The van der Waals surface area contributed by atoms with Gasteiger partial charge in [-0.3, -0.25) is 0 Å². The van der Waals surface area contributed by atoms with E-state index in [1.807, 2.05) is 18.2 Å². The number of aliphatic hydroxyl groups is 1. The zero-order valence-corrected chi connectivity index (χ0v) is 9.47. The van der Waals surface area contributed by atoms with Gasteiger partial charge in [-0.25, -0.2) is 0 Å². The van der Waals surface area contributed by atoms with E-state index in [9.17, 15) is 5.11 Å². The van der Waals surface area contributed by atoms with Crippen molar-refractivity contribution in [1.29, 1.82) is 0 Å². The van der Waals surface area contributed by atoms with Crippen LogP contribution < -0.4 is 0 Å². The van der Waals surface area contributed by atoms with Crippen molar-refractivity contribution in [1.82, 2.24) is 0 Å². The zero-order valence-electron chi connectivity index (χ0n) is 6.30. The summed E-state index contributed by atoms with van der Waals surface area (Å²) in [6, 6.07) is 5.64. The van der Waals surface area contributed by atoms with E-state index in [0.717, 1.165) is 14.5 Å². The first-order valence-corrected chi connectivity index (χ1v) is 4.99. The van der Waals surface area contributed by atoms with Gasteiger partial charge in [-0.1, -0.05) is 37.9 Å². The lowest BCUT2D eigenvalue weighted by Gasteiger charge is -2.08. The van der Waals surface area contributed by atoms with Crippen LogP contribution in [0.4, 0.5) is 0 Å². The maximum Gasteiger partial charge on any atom is 0.0980 e. The largest absolute Gasteiger partial charge is 0.384 e. The highest BCUT2D eigenvalue weighted by atomic mass is 79.9. The van der Waals surface area contributed by atoms with Crippen LogP contribution >= 0.6 is 31.9 Å². The van der Waals surface area contributed by atoms with Gasteiger partial charge in [0, 0.05) is 8.95 Å². The fourth-order valence-electron chi connectivity index (χ4n) is 0.868. The second-order valence-electron chi connectivity index (χ2n) is 2.35. The molecule has 0 spiro atoms. The van der Waals surface area contributed by atoms with Crippen molar-refractivity contribution in [2.45, 2.75) is 6.10 Å². The van der Waals surface area contributed by atoms with Crippen molar-refractivity contribution in [3.8, 4) is 0 Å². The zero-order chi connectivity index (χ0) is 9.14. The number of aliphatic hydroxyl groups excluding tert-OH is 1. The summed E-state index contributed by atoms with van der Waals surface area (Å²) in [5.74, 6) is 0. The van der Waals surface area contributed by atoms with Crippen molar-refractivity contribution < 1.29 is 5.11 Å². The molecule has 1 unspecified atom stereocenters. The van der Waals surface area contributed by atoms with E-state index < -0.39 is 6.10 Å². The Kier molecular flexibility index (Phi) is 3.50. The summed E-state index contributed by atoms with van der Waals surface area (Å²) in [4.78, 5) is 0. The van der Waals surface area contributed by atoms with Gasteiger partial charge in [-0.15, -0.1) is 6.58 Å². The molecule has 0 fully saturated rings. The lowest BCUT2D eigenvalue weighted by atomic mass is 10.1. The number of hydrogen-bond donors (Lipinski definition) is 1. The Hall–Kier alpha value is -0.120. The maximum atomic E-state index is 9.47. The standard InChI is InChI=1S/C9H8Br2O/c1-2-9(12)7-5-6(10)3-4-8(7)11/h2-5,9,12H,1H2. The van der Waals surface area contributed by atoms with Gasteiger partial charge in [-0.05, 0) is 23.8 Å². The Morgan fingerprint density at radius 1 is 1.42 bits per heavy atom. The molecular weight excluding hydrogens is 284 g/mol. The highest BCUT2D eigenvalue weighted by Gasteiger charge is 2.07. The summed E-state index contributed by atoms with van der Waals surface area (Å²) in [5, 5.41) is 9.47. The quantitative estimate of drug-likeness (QED) is 0.828. The SMILES string of the molecule is C=CC(O)c1cc(Br)ccc1Br. The predicted octanol–water partition coefficient (Wildman–Crippen LogP) is 3.43. The molecular formula is C9H8Br2O. The van der Waals surface area contributed by atoms with Crippen LogP contribution in [0.2, 0.25) is 0 Å². The van der Waals surface area contributed by atoms with Crippen LogP contribution in [0.15, 0.2) is 39.8 Å². The van der Waals surface area contributed by atoms with E-state index in [2.05, 4.69) is 38.4 Å². The van der Waals surface area contributed by atoms with Gasteiger partial charge < -0.3 is 5.11 Å². The van der Waals surface area contributed by atoms with Gasteiger partial charge in [0.25, 0.3) is 0 Å². The van der Waals surface area contributed by atoms with Crippen LogP contribution in [-0.4, -0.2) is 5.11 Å². The van der Waals surface area contributed by atoms with Crippen molar-refractivity contribution in [3.63, 3.8) is 0 Å². The minimum absolute atomic E-state index is 0.614. The third-order valence-corrected chi connectivity index (χ3v) is 2.72. The third-order valence-electron chi connectivity index (χ3n) is 1.50. The van der Waals surface area contributed by atoms with Crippen LogP contribution in [0.25, 0.3) is 0 Å². The normalized spacial score (nSPS) is 12.6. The van der Waals surface area contributed by atoms with Gasteiger partial charge in [0.2, 0.25) is 0 Å². The molecule has 1 nitrogen and oxygen atoms in total. The summed E-state index contributed by atoms with van der Waals surface area (Å²) in [6.45, 7) is 3.52. The van der Waals surface area contributed by atoms with Gasteiger partial charge >= 0.3 is 0 Å². The lowest BCUT2D eigenvalue weighted by molar-refractivity contribution is 0.228. The lowest BCUT2D eigenvalue weighted by Crippen LogP contribution is -1.93. The molecule has 1 aromatic carbocycles. The molecule has 12 heavy (non-hydrogen) atoms. The molecule has 0 aromatic heterocycles. The molecule has 0 aliphatic carbocycles. The summed E-state index contributed by atoms with van der Waals surface area (Å²) in [7, 11) is 0. The molecule has 0 saturated carbocycles. The van der Waals surface area contributed by atoms with Gasteiger partial charge in [0.1, 0.15) is 0 Å². The molecule has 0 heterocycles. The van der Waals surface area contributed by atoms with E-state index in [1.54, 1.807) is 0 Å². The van der Waals surface area contributed by atoms with E-state index in [1.165, 1.54) is 6.08 Å². The molecule has 1 N–H and O–H groups in total. The first kappa shape index (κ1) is 9.96. The topological polar surface area (TPSA) is 20.2 Å². The average Bonchev–Trinajstić information content (AvgIpc) is 2.08. The van der Waals surface area contributed by atoms with Crippen molar-refractivity contribution >= 4 is 31.9 Å².